The molecule has 0 amide bonds. The third-order valence-electron chi connectivity index (χ3n) is 2.11. The molecular formula is C10H12N4O. The minimum absolute atomic E-state index is 0.634. The van der Waals surface area contributed by atoms with Gasteiger partial charge in [0.2, 0.25) is 0 Å². The maximum absolute atomic E-state index is 5.79. The predicted octanol–water partition coefficient (Wildman–Crippen LogP) is 0.917. The highest BCUT2D eigenvalue weighted by Crippen LogP contribution is 2.21. The van der Waals surface area contributed by atoms with Gasteiger partial charge in [0.15, 0.2) is 0 Å². The van der Waals surface area contributed by atoms with Gasteiger partial charge in [0.05, 0.1) is 19.3 Å². The van der Waals surface area contributed by atoms with Gasteiger partial charge in [-0.2, -0.15) is 5.10 Å². The zero-order chi connectivity index (χ0) is 10.7. The minimum atomic E-state index is 0.634. The standard InChI is InChI=1S/C10H12N4O/c1-15-10-3-2-8(4-9(10)11)5-14-7-12-6-13-14/h2-4,6-7H,5,11H2,1H3. The van der Waals surface area contributed by atoms with Crippen molar-refractivity contribution < 1.29 is 4.74 Å². The van der Waals surface area contributed by atoms with Crippen molar-refractivity contribution in [3.63, 3.8) is 0 Å². The van der Waals surface area contributed by atoms with Crippen molar-refractivity contribution in [1.82, 2.24) is 14.8 Å². The van der Waals surface area contributed by atoms with E-state index in [1.165, 1.54) is 6.33 Å². The lowest BCUT2D eigenvalue weighted by Gasteiger charge is -2.06. The van der Waals surface area contributed by atoms with Crippen molar-refractivity contribution in [3.8, 4) is 5.75 Å². The molecule has 5 nitrogen and oxygen atoms in total. The molecule has 2 rings (SSSR count). The number of aromatic nitrogens is 3. The largest absolute Gasteiger partial charge is 0.495 e. The molecule has 0 saturated heterocycles. The van der Waals surface area contributed by atoms with Gasteiger partial charge in [0, 0.05) is 0 Å². The van der Waals surface area contributed by atoms with Gasteiger partial charge in [-0.15, -0.1) is 0 Å². The van der Waals surface area contributed by atoms with Gasteiger partial charge < -0.3 is 10.5 Å². The van der Waals surface area contributed by atoms with Crippen molar-refractivity contribution in [1.29, 1.82) is 0 Å². The summed E-state index contributed by atoms with van der Waals surface area (Å²) in [7, 11) is 1.60. The summed E-state index contributed by atoms with van der Waals surface area (Å²) in [4.78, 5) is 3.87. The van der Waals surface area contributed by atoms with E-state index in [1.54, 1.807) is 18.1 Å². The number of nitrogens with two attached hydrogens (primary N) is 1. The monoisotopic (exact) mass is 204 g/mol. The van der Waals surface area contributed by atoms with Gasteiger partial charge in [-0.1, -0.05) is 6.07 Å². The number of anilines is 1. The predicted molar refractivity (Wildman–Crippen MR) is 56.5 cm³/mol. The van der Waals surface area contributed by atoms with Gasteiger partial charge in [0.25, 0.3) is 0 Å². The number of benzene rings is 1. The Labute approximate surface area is 87.5 Å². The second-order valence-corrected chi connectivity index (χ2v) is 3.17. The zero-order valence-corrected chi connectivity index (χ0v) is 8.42. The number of hydrogen-bond donors (Lipinski definition) is 1. The summed E-state index contributed by atoms with van der Waals surface area (Å²) in [6.07, 6.45) is 3.17. The highest BCUT2D eigenvalue weighted by atomic mass is 16.5. The van der Waals surface area contributed by atoms with Crippen LogP contribution >= 0.6 is 0 Å². The number of hydrogen-bond acceptors (Lipinski definition) is 4. The van der Waals surface area contributed by atoms with E-state index in [0.717, 1.165) is 5.56 Å². The van der Waals surface area contributed by atoms with E-state index < -0.39 is 0 Å². The van der Waals surface area contributed by atoms with Crippen LogP contribution in [0.25, 0.3) is 0 Å². The first-order valence-electron chi connectivity index (χ1n) is 4.54. The van der Waals surface area contributed by atoms with Crippen LogP contribution < -0.4 is 10.5 Å². The molecule has 15 heavy (non-hydrogen) atoms. The zero-order valence-electron chi connectivity index (χ0n) is 8.42. The molecule has 0 aliphatic rings. The van der Waals surface area contributed by atoms with Crippen molar-refractivity contribution in [3.05, 3.63) is 36.4 Å². The Bertz CT molecular complexity index is 439. The van der Waals surface area contributed by atoms with E-state index in [-0.39, 0.29) is 0 Å². The Balaban J connectivity index is 2.20. The number of nitrogen functional groups attached to an aromatic ring is 1. The maximum atomic E-state index is 5.79. The molecule has 1 aromatic heterocycles. The summed E-state index contributed by atoms with van der Waals surface area (Å²) in [5.41, 5.74) is 7.49. The fraction of sp³-hybridized carbons (Fsp3) is 0.200. The number of methoxy groups -OCH3 is 1. The van der Waals surface area contributed by atoms with Crippen LogP contribution in [0, 0.1) is 0 Å². The summed E-state index contributed by atoms with van der Waals surface area (Å²) < 4.78 is 6.81. The van der Waals surface area contributed by atoms with Crippen LogP contribution in [0.1, 0.15) is 5.56 Å². The Morgan fingerprint density at radius 2 is 2.33 bits per heavy atom. The van der Waals surface area contributed by atoms with Crippen LogP contribution in [-0.2, 0) is 6.54 Å². The highest BCUT2D eigenvalue weighted by Gasteiger charge is 2.01. The molecule has 78 valence electrons. The molecule has 0 radical (unpaired) electrons. The lowest BCUT2D eigenvalue weighted by molar-refractivity contribution is 0.417. The van der Waals surface area contributed by atoms with E-state index in [1.807, 2.05) is 18.2 Å². The molecule has 0 spiro atoms. The number of ether oxygens (including phenoxy) is 1. The fourth-order valence-corrected chi connectivity index (χ4v) is 1.38. The van der Waals surface area contributed by atoms with Crippen LogP contribution in [0.15, 0.2) is 30.9 Å². The molecule has 0 saturated carbocycles. The van der Waals surface area contributed by atoms with Gasteiger partial charge in [-0.3, -0.25) is 0 Å². The molecule has 0 aliphatic heterocycles. The second-order valence-electron chi connectivity index (χ2n) is 3.17. The van der Waals surface area contributed by atoms with Crippen LogP contribution in [0.5, 0.6) is 5.75 Å². The molecule has 2 N–H and O–H groups in total. The molecule has 0 fully saturated rings. The third kappa shape index (κ3) is 2.07. The van der Waals surface area contributed by atoms with Crippen molar-refractivity contribution in [2.75, 3.05) is 12.8 Å². The van der Waals surface area contributed by atoms with E-state index in [0.29, 0.717) is 18.0 Å². The van der Waals surface area contributed by atoms with Crippen molar-refractivity contribution in [2.24, 2.45) is 0 Å². The van der Waals surface area contributed by atoms with Crippen LogP contribution in [-0.4, -0.2) is 21.9 Å². The minimum Gasteiger partial charge on any atom is -0.495 e. The quantitative estimate of drug-likeness (QED) is 0.755. The van der Waals surface area contributed by atoms with Gasteiger partial charge in [0.1, 0.15) is 18.4 Å². The molecule has 0 atom stereocenters. The molecule has 0 bridgehead atoms. The van der Waals surface area contributed by atoms with Crippen molar-refractivity contribution in [2.45, 2.75) is 6.54 Å². The SMILES string of the molecule is COc1ccc(Cn2cncn2)cc1N. The van der Waals surface area contributed by atoms with E-state index in [4.69, 9.17) is 10.5 Å². The summed E-state index contributed by atoms with van der Waals surface area (Å²) >= 11 is 0. The Morgan fingerprint density at radius 3 is 2.93 bits per heavy atom. The first-order valence-corrected chi connectivity index (χ1v) is 4.54. The van der Waals surface area contributed by atoms with Crippen molar-refractivity contribution >= 4 is 5.69 Å². The lowest BCUT2D eigenvalue weighted by atomic mass is 10.2. The number of rotatable bonds is 3. The van der Waals surface area contributed by atoms with Crippen LogP contribution in [0.4, 0.5) is 5.69 Å². The Hall–Kier alpha value is -2.04. The average Bonchev–Trinajstić information content (AvgIpc) is 2.71. The first-order chi connectivity index (χ1) is 7.29. The fourth-order valence-electron chi connectivity index (χ4n) is 1.38. The summed E-state index contributed by atoms with van der Waals surface area (Å²) in [5.74, 6) is 0.692. The van der Waals surface area contributed by atoms with Crippen LogP contribution in [0.3, 0.4) is 0 Å². The highest BCUT2D eigenvalue weighted by molar-refractivity contribution is 5.54. The molecule has 2 aromatic rings. The van der Waals surface area contributed by atoms with E-state index in [2.05, 4.69) is 10.1 Å². The maximum Gasteiger partial charge on any atom is 0.141 e. The van der Waals surface area contributed by atoms with Gasteiger partial charge >= 0.3 is 0 Å². The van der Waals surface area contributed by atoms with Gasteiger partial charge in [-0.25, -0.2) is 9.67 Å². The van der Waals surface area contributed by atoms with Gasteiger partial charge in [-0.05, 0) is 17.7 Å². The number of nitrogens with zero attached hydrogens (tertiary/aromatic N) is 3. The molecule has 0 aliphatic carbocycles. The molecular weight excluding hydrogens is 192 g/mol. The summed E-state index contributed by atoms with van der Waals surface area (Å²) in [6.45, 7) is 0.661. The van der Waals surface area contributed by atoms with E-state index in [9.17, 15) is 0 Å². The molecule has 1 heterocycles. The van der Waals surface area contributed by atoms with Crippen LogP contribution in [0.2, 0.25) is 0 Å². The van der Waals surface area contributed by atoms with E-state index >= 15 is 0 Å². The summed E-state index contributed by atoms with van der Waals surface area (Å²) in [6, 6.07) is 5.68. The topological polar surface area (TPSA) is 66.0 Å². The third-order valence-corrected chi connectivity index (χ3v) is 2.11. The molecule has 0 unspecified atom stereocenters. The molecule has 5 heteroatoms. The second kappa shape index (κ2) is 4.00. The first kappa shape index (κ1) is 9.51. The smallest absolute Gasteiger partial charge is 0.141 e. The molecule has 1 aromatic carbocycles. The average molecular weight is 204 g/mol. The summed E-state index contributed by atoms with van der Waals surface area (Å²) in [5, 5.41) is 4.02. The normalized spacial score (nSPS) is 10.2. The lowest BCUT2D eigenvalue weighted by Crippen LogP contribution is -2.01. The Morgan fingerprint density at radius 1 is 1.47 bits per heavy atom. The Kier molecular flexibility index (Phi) is 2.53.